The van der Waals surface area contributed by atoms with Gasteiger partial charge in [0.1, 0.15) is 6.04 Å². The molecule has 2 saturated heterocycles. The second-order valence-electron chi connectivity index (χ2n) is 12.3. The molecule has 13 heteroatoms. The molecule has 6 rings (SSSR count). The minimum atomic E-state index is -0.555. The third-order valence-corrected chi connectivity index (χ3v) is 9.38. The van der Waals surface area contributed by atoms with Crippen molar-refractivity contribution in [2.24, 2.45) is 5.92 Å². The first kappa shape index (κ1) is 30.6. The summed E-state index contributed by atoms with van der Waals surface area (Å²) >= 11 is 0. The number of amides is 5. The molecule has 2 N–H and O–H groups in total. The van der Waals surface area contributed by atoms with Crippen LogP contribution >= 0.6 is 0 Å². The van der Waals surface area contributed by atoms with E-state index in [9.17, 15) is 24.0 Å². The lowest BCUT2D eigenvalue weighted by atomic mass is 9.84. The Kier molecular flexibility index (Phi) is 9.31. The van der Waals surface area contributed by atoms with Crippen LogP contribution in [0.3, 0.4) is 0 Å². The van der Waals surface area contributed by atoms with Crippen molar-refractivity contribution in [3.05, 3.63) is 42.1 Å². The molecule has 2 aliphatic heterocycles. The van der Waals surface area contributed by atoms with Gasteiger partial charge in [-0.3, -0.25) is 24.0 Å². The Balaban J connectivity index is 1.05. The number of hydrogen-bond donors (Lipinski definition) is 2. The number of nitrogens with zero attached hydrogens (tertiary/aromatic N) is 5. The number of benzene rings is 1. The average Bonchev–Trinajstić information content (AvgIpc) is 3.68. The van der Waals surface area contributed by atoms with Gasteiger partial charge in [0.25, 0.3) is 11.8 Å². The van der Waals surface area contributed by atoms with Crippen LogP contribution in [-0.2, 0) is 19.2 Å². The van der Waals surface area contributed by atoms with E-state index in [1.54, 1.807) is 21.9 Å². The lowest BCUT2D eigenvalue weighted by molar-refractivity contribution is -0.143. The highest BCUT2D eigenvalue weighted by molar-refractivity contribution is 5.95. The molecule has 0 radical (unpaired) electrons. The van der Waals surface area contributed by atoms with Gasteiger partial charge in [-0.25, -0.2) is 4.68 Å². The molecule has 13 nitrogen and oxygen atoms in total. The van der Waals surface area contributed by atoms with Gasteiger partial charge in [0.2, 0.25) is 23.6 Å². The number of aromatic nitrogens is 2. The summed E-state index contributed by atoms with van der Waals surface area (Å²) in [7, 11) is 0. The fourth-order valence-corrected chi connectivity index (χ4v) is 6.19. The SMILES string of the molecule is O=C(NCC(=O)N1CCN(C(=O)C2CCC2)CC1)c1cc(OCC(=O)N2CCC[C@H]2C(=O)NC2CCC2)n(-c2ccccc2)n1. The molecule has 5 amide bonds. The summed E-state index contributed by atoms with van der Waals surface area (Å²) in [5.41, 5.74) is 0.660. The zero-order valence-electron chi connectivity index (χ0n) is 25.5. The summed E-state index contributed by atoms with van der Waals surface area (Å²) in [5.74, 6) is -0.705. The molecule has 4 fully saturated rings. The number of para-hydroxylation sites is 1. The van der Waals surface area contributed by atoms with Gasteiger partial charge in [-0.05, 0) is 57.1 Å². The van der Waals surface area contributed by atoms with Crippen LogP contribution in [0.1, 0.15) is 61.9 Å². The summed E-state index contributed by atoms with van der Waals surface area (Å²) in [6.45, 7) is 1.82. The van der Waals surface area contributed by atoms with E-state index in [2.05, 4.69) is 15.7 Å². The second-order valence-corrected chi connectivity index (χ2v) is 12.3. The van der Waals surface area contributed by atoms with E-state index in [0.29, 0.717) is 44.8 Å². The molecule has 2 aliphatic carbocycles. The molecular weight excluding hydrogens is 578 g/mol. The summed E-state index contributed by atoms with van der Waals surface area (Å²) < 4.78 is 7.35. The molecule has 0 unspecified atom stereocenters. The fourth-order valence-electron chi connectivity index (χ4n) is 6.19. The maximum absolute atomic E-state index is 13.2. The van der Waals surface area contributed by atoms with E-state index in [4.69, 9.17) is 4.74 Å². The topological polar surface area (TPSA) is 146 Å². The van der Waals surface area contributed by atoms with Crippen molar-refractivity contribution < 1.29 is 28.7 Å². The monoisotopic (exact) mass is 619 g/mol. The van der Waals surface area contributed by atoms with Crippen LogP contribution in [0.5, 0.6) is 5.88 Å². The Morgan fingerprint density at radius 3 is 2.20 bits per heavy atom. The van der Waals surface area contributed by atoms with Gasteiger partial charge in [-0.15, -0.1) is 0 Å². The third kappa shape index (κ3) is 6.97. The number of rotatable bonds is 10. The van der Waals surface area contributed by atoms with Crippen LogP contribution in [0.2, 0.25) is 0 Å². The first-order valence-electron chi connectivity index (χ1n) is 16.1. The predicted octanol–water partition coefficient (Wildman–Crippen LogP) is 1.11. The highest BCUT2D eigenvalue weighted by atomic mass is 16.5. The highest BCUT2D eigenvalue weighted by Gasteiger charge is 2.36. The number of hydrogen-bond acceptors (Lipinski definition) is 7. The molecular formula is C32H41N7O6. The van der Waals surface area contributed by atoms with Crippen molar-refractivity contribution in [1.29, 1.82) is 0 Å². The Morgan fingerprint density at radius 2 is 1.53 bits per heavy atom. The number of carbonyl (C=O) groups is 5. The molecule has 4 aliphatic rings. The van der Waals surface area contributed by atoms with Gasteiger partial charge in [0.15, 0.2) is 12.3 Å². The van der Waals surface area contributed by atoms with E-state index < -0.39 is 11.9 Å². The normalized spacial score (nSPS) is 20.3. The van der Waals surface area contributed by atoms with Crippen LogP contribution < -0.4 is 15.4 Å². The molecule has 2 aromatic rings. The summed E-state index contributed by atoms with van der Waals surface area (Å²) in [6, 6.07) is 10.2. The maximum atomic E-state index is 13.2. The van der Waals surface area contributed by atoms with E-state index in [1.807, 2.05) is 23.1 Å². The largest absolute Gasteiger partial charge is 0.467 e. The van der Waals surface area contributed by atoms with Gasteiger partial charge in [0, 0.05) is 50.7 Å². The van der Waals surface area contributed by atoms with Crippen molar-refractivity contribution >= 4 is 29.5 Å². The molecule has 2 saturated carbocycles. The fraction of sp³-hybridized carbons (Fsp3) is 0.562. The Labute approximate surface area is 262 Å². The molecule has 1 aromatic heterocycles. The number of carbonyl (C=O) groups excluding carboxylic acids is 5. The van der Waals surface area contributed by atoms with Crippen molar-refractivity contribution in [1.82, 2.24) is 35.1 Å². The van der Waals surface area contributed by atoms with Gasteiger partial charge < -0.3 is 30.1 Å². The van der Waals surface area contributed by atoms with Crippen molar-refractivity contribution in [2.45, 2.75) is 63.5 Å². The van der Waals surface area contributed by atoms with E-state index >= 15 is 0 Å². The summed E-state index contributed by atoms with van der Waals surface area (Å²) in [5, 5.41) is 10.1. The zero-order chi connectivity index (χ0) is 31.3. The zero-order valence-corrected chi connectivity index (χ0v) is 25.5. The second kappa shape index (κ2) is 13.7. The van der Waals surface area contributed by atoms with E-state index in [0.717, 1.165) is 44.9 Å². The van der Waals surface area contributed by atoms with Crippen LogP contribution in [0, 0.1) is 5.92 Å². The maximum Gasteiger partial charge on any atom is 0.272 e. The highest BCUT2D eigenvalue weighted by Crippen LogP contribution is 2.28. The molecule has 1 aromatic carbocycles. The molecule has 3 heterocycles. The molecule has 0 spiro atoms. The van der Waals surface area contributed by atoms with Crippen LogP contribution in [0.15, 0.2) is 36.4 Å². The minimum absolute atomic E-state index is 0.0314. The van der Waals surface area contributed by atoms with Crippen molar-refractivity contribution in [3.63, 3.8) is 0 Å². The average molecular weight is 620 g/mol. The molecule has 45 heavy (non-hydrogen) atoms. The number of piperazine rings is 1. The number of nitrogens with one attached hydrogen (secondary N) is 2. The Hall–Kier alpha value is -4.42. The number of likely N-dealkylation sites (tertiary alicyclic amines) is 1. The van der Waals surface area contributed by atoms with E-state index in [1.165, 1.54) is 10.7 Å². The lowest BCUT2D eigenvalue weighted by Crippen LogP contribution is -2.54. The standard InChI is InChI=1S/C32H41N7O6/c40-27(36-15-17-37(18-16-36)32(44)22-7-4-8-22)20-33-30(42)25-19-29(39(35-25)24-11-2-1-3-12-24)45-21-28(41)38-14-6-13-26(38)31(43)34-23-9-5-10-23/h1-3,11-12,19,22-23,26H,4-10,13-18,20-21H2,(H,33,42)(H,34,43)/t26-/m0/s1. The predicted molar refractivity (Wildman–Crippen MR) is 162 cm³/mol. The summed E-state index contributed by atoms with van der Waals surface area (Å²) in [4.78, 5) is 69.5. The Morgan fingerprint density at radius 1 is 0.822 bits per heavy atom. The minimum Gasteiger partial charge on any atom is -0.467 e. The first-order chi connectivity index (χ1) is 21.9. The van der Waals surface area contributed by atoms with Crippen molar-refractivity contribution in [2.75, 3.05) is 45.9 Å². The van der Waals surface area contributed by atoms with Gasteiger partial charge in [-0.1, -0.05) is 24.6 Å². The van der Waals surface area contributed by atoms with Crippen molar-refractivity contribution in [3.8, 4) is 11.6 Å². The van der Waals surface area contributed by atoms with Gasteiger partial charge in [-0.2, -0.15) is 5.10 Å². The molecule has 240 valence electrons. The first-order valence-corrected chi connectivity index (χ1v) is 16.1. The molecule has 0 bridgehead atoms. The van der Waals surface area contributed by atoms with Crippen LogP contribution in [0.25, 0.3) is 5.69 Å². The number of ether oxygens (including phenoxy) is 1. The summed E-state index contributed by atoms with van der Waals surface area (Å²) in [6.07, 6.45) is 7.42. The van der Waals surface area contributed by atoms with Gasteiger partial charge in [0.05, 0.1) is 12.2 Å². The smallest absolute Gasteiger partial charge is 0.272 e. The van der Waals surface area contributed by atoms with Crippen LogP contribution in [-0.4, -0.2) is 112 Å². The molecule has 1 atom stereocenters. The quantitative estimate of drug-likeness (QED) is 0.405. The Bertz CT molecular complexity index is 1410. The van der Waals surface area contributed by atoms with E-state index in [-0.39, 0.29) is 60.3 Å². The lowest BCUT2D eigenvalue weighted by Gasteiger charge is -2.38. The van der Waals surface area contributed by atoms with Gasteiger partial charge >= 0.3 is 0 Å². The third-order valence-electron chi connectivity index (χ3n) is 9.38. The van der Waals surface area contributed by atoms with Crippen LogP contribution in [0.4, 0.5) is 0 Å².